The standard InChI is InChI=1S/C11H15BrN2O2/c1-4-16-9(15)7-8(11(2)5-6-11)14(3)10(12)13-7/h4-6H2,1-3H3. The zero-order chi connectivity index (χ0) is 11.9. The lowest BCUT2D eigenvalue weighted by Crippen LogP contribution is -2.15. The smallest absolute Gasteiger partial charge is 0.358 e. The third-order valence-electron chi connectivity index (χ3n) is 3.08. The van der Waals surface area contributed by atoms with Gasteiger partial charge in [-0.2, -0.15) is 0 Å². The molecular formula is C11H15BrN2O2. The van der Waals surface area contributed by atoms with Crippen molar-refractivity contribution >= 4 is 21.9 Å². The number of hydrogen-bond acceptors (Lipinski definition) is 3. The highest BCUT2D eigenvalue weighted by Gasteiger charge is 2.45. The largest absolute Gasteiger partial charge is 0.461 e. The molecule has 1 heterocycles. The van der Waals surface area contributed by atoms with Crippen molar-refractivity contribution < 1.29 is 9.53 Å². The normalized spacial score (nSPS) is 17.2. The number of halogens is 1. The molecule has 2 rings (SSSR count). The Morgan fingerprint density at radius 1 is 1.62 bits per heavy atom. The van der Waals surface area contributed by atoms with Crippen molar-refractivity contribution in [2.24, 2.45) is 7.05 Å². The molecule has 1 fully saturated rings. The quantitative estimate of drug-likeness (QED) is 0.802. The van der Waals surface area contributed by atoms with Gasteiger partial charge >= 0.3 is 5.97 Å². The number of rotatable bonds is 3. The first-order valence-corrected chi connectivity index (χ1v) is 6.18. The zero-order valence-electron chi connectivity index (χ0n) is 9.71. The van der Waals surface area contributed by atoms with Gasteiger partial charge in [0.05, 0.1) is 12.3 Å². The highest BCUT2D eigenvalue weighted by Crippen LogP contribution is 2.49. The minimum Gasteiger partial charge on any atom is -0.461 e. The Morgan fingerprint density at radius 2 is 2.25 bits per heavy atom. The lowest BCUT2D eigenvalue weighted by molar-refractivity contribution is 0.0517. The molecule has 0 unspecified atom stereocenters. The van der Waals surface area contributed by atoms with Crippen LogP contribution in [-0.2, 0) is 17.2 Å². The van der Waals surface area contributed by atoms with E-state index < -0.39 is 0 Å². The highest BCUT2D eigenvalue weighted by molar-refractivity contribution is 9.10. The first-order chi connectivity index (χ1) is 7.49. The molecule has 0 N–H and O–H groups in total. The predicted molar refractivity (Wildman–Crippen MR) is 63.5 cm³/mol. The van der Waals surface area contributed by atoms with Crippen LogP contribution in [0.2, 0.25) is 0 Å². The number of carbonyl (C=O) groups excluding carboxylic acids is 1. The molecule has 0 aliphatic heterocycles. The van der Waals surface area contributed by atoms with Gasteiger partial charge in [-0.3, -0.25) is 0 Å². The van der Waals surface area contributed by atoms with Crippen molar-refractivity contribution in [1.29, 1.82) is 0 Å². The van der Waals surface area contributed by atoms with E-state index in [1.807, 2.05) is 11.6 Å². The number of nitrogens with zero attached hydrogens (tertiary/aromatic N) is 2. The second-order valence-electron chi connectivity index (χ2n) is 4.42. The first-order valence-electron chi connectivity index (χ1n) is 5.39. The van der Waals surface area contributed by atoms with Gasteiger partial charge in [0.25, 0.3) is 0 Å². The van der Waals surface area contributed by atoms with E-state index in [4.69, 9.17) is 4.74 Å². The van der Waals surface area contributed by atoms with Crippen LogP contribution >= 0.6 is 15.9 Å². The molecule has 5 heteroatoms. The Labute approximate surface area is 103 Å². The van der Waals surface area contributed by atoms with E-state index in [9.17, 15) is 4.79 Å². The van der Waals surface area contributed by atoms with Crippen LogP contribution in [0, 0.1) is 0 Å². The number of ether oxygens (including phenoxy) is 1. The number of imidazole rings is 1. The average Bonchev–Trinajstić information content (AvgIpc) is 2.88. The van der Waals surface area contributed by atoms with E-state index in [-0.39, 0.29) is 11.4 Å². The second kappa shape index (κ2) is 3.87. The van der Waals surface area contributed by atoms with Crippen molar-refractivity contribution in [3.05, 3.63) is 16.1 Å². The number of esters is 1. The van der Waals surface area contributed by atoms with Gasteiger partial charge in [-0.25, -0.2) is 9.78 Å². The molecule has 0 saturated heterocycles. The molecule has 1 aromatic rings. The van der Waals surface area contributed by atoms with E-state index in [0.717, 1.165) is 18.5 Å². The summed E-state index contributed by atoms with van der Waals surface area (Å²) < 4.78 is 7.63. The molecule has 1 aliphatic rings. The second-order valence-corrected chi connectivity index (χ2v) is 5.13. The fourth-order valence-electron chi connectivity index (χ4n) is 1.93. The summed E-state index contributed by atoms with van der Waals surface area (Å²) in [5.41, 5.74) is 1.53. The fourth-order valence-corrected chi connectivity index (χ4v) is 2.28. The maximum atomic E-state index is 11.8. The summed E-state index contributed by atoms with van der Waals surface area (Å²) in [5.74, 6) is -0.327. The molecule has 0 amide bonds. The minimum atomic E-state index is -0.327. The third kappa shape index (κ3) is 1.77. The molecule has 4 nitrogen and oxygen atoms in total. The Balaban J connectivity index is 2.45. The molecule has 0 atom stereocenters. The maximum Gasteiger partial charge on any atom is 0.358 e. The van der Waals surface area contributed by atoms with Crippen LogP contribution in [0.5, 0.6) is 0 Å². The molecule has 1 aliphatic carbocycles. The van der Waals surface area contributed by atoms with E-state index in [2.05, 4.69) is 27.8 Å². The molecule has 16 heavy (non-hydrogen) atoms. The lowest BCUT2D eigenvalue weighted by Gasteiger charge is -2.11. The monoisotopic (exact) mass is 286 g/mol. The summed E-state index contributed by atoms with van der Waals surface area (Å²) in [6.45, 7) is 4.33. The molecular weight excluding hydrogens is 272 g/mol. The zero-order valence-corrected chi connectivity index (χ0v) is 11.3. The van der Waals surface area contributed by atoms with Crippen LogP contribution < -0.4 is 0 Å². The Bertz CT molecular complexity index is 435. The molecule has 0 bridgehead atoms. The van der Waals surface area contributed by atoms with Gasteiger partial charge in [0.15, 0.2) is 10.4 Å². The topological polar surface area (TPSA) is 44.1 Å². The third-order valence-corrected chi connectivity index (χ3v) is 3.79. The van der Waals surface area contributed by atoms with Gasteiger partial charge in [-0.05, 0) is 35.7 Å². The summed E-state index contributed by atoms with van der Waals surface area (Å²) in [7, 11) is 1.92. The number of aromatic nitrogens is 2. The van der Waals surface area contributed by atoms with Crippen LogP contribution in [0.3, 0.4) is 0 Å². The average molecular weight is 287 g/mol. The lowest BCUT2D eigenvalue weighted by atomic mass is 10.0. The maximum absolute atomic E-state index is 11.8. The number of hydrogen-bond donors (Lipinski definition) is 0. The predicted octanol–water partition coefficient (Wildman–Crippen LogP) is 2.41. The highest BCUT2D eigenvalue weighted by atomic mass is 79.9. The number of carbonyl (C=O) groups is 1. The van der Waals surface area contributed by atoms with Gasteiger partial charge < -0.3 is 9.30 Å². The van der Waals surface area contributed by atoms with E-state index in [1.54, 1.807) is 6.92 Å². The summed E-state index contributed by atoms with van der Waals surface area (Å²) in [5, 5.41) is 0. The molecule has 88 valence electrons. The van der Waals surface area contributed by atoms with Crippen molar-refractivity contribution in [1.82, 2.24) is 9.55 Å². The van der Waals surface area contributed by atoms with Gasteiger partial charge in [0.2, 0.25) is 0 Å². The molecule has 0 aromatic carbocycles. The molecule has 1 aromatic heterocycles. The van der Waals surface area contributed by atoms with Crippen LogP contribution in [0.1, 0.15) is 42.9 Å². The summed E-state index contributed by atoms with van der Waals surface area (Å²) in [4.78, 5) is 16.0. The SMILES string of the molecule is CCOC(=O)c1nc(Br)n(C)c1C1(C)CC1. The van der Waals surface area contributed by atoms with Crippen molar-refractivity contribution in [3.8, 4) is 0 Å². The van der Waals surface area contributed by atoms with E-state index in [0.29, 0.717) is 17.0 Å². The van der Waals surface area contributed by atoms with E-state index in [1.165, 1.54) is 0 Å². The Hall–Kier alpha value is -0.840. The fraction of sp³-hybridized carbons (Fsp3) is 0.636. The first kappa shape index (κ1) is 11.6. The van der Waals surface area contributed by atoms with Gasteiger partial charge in [-0.1, -0.05) is 6.92 Å². The van der Waals surface area contributed by atoms with Gasteiger partial charge in [0, 0.05) is 12.5 Å². The summed E-state index contributed by atoms with van der Waals surface area (Å²) >= 11 is 3.35. The van der Waals surface area contributed by atoms with Crippen molar-refractivity contribution in [2.75, 3.05) is 6.61 Å². The Kier molecular flexibility index (Phi) is 2.82. The summed E-state index contributed by atoms with van der Waals surface area (Å²) in [6, 6.07) is 0. The van der Waals surface area contributed by atoms with Gasteiger partial charge in [0.1, 0.15) is 0 Å². The molecule has 1 saturated carbocycles. The van der Waals surface area contributed by atoms with Crippen LogP contribution in [-0.4, -0.2) is 22.1 Å². The van der Waals surface area contributed by atoms with Crippen molar-refractivity contribution in [2.45, 2.75) is 32.1 Å². The summed E-state index contributed by atoms with van der Waals surface area (Å²) in [6.07, 6.45) is 2.21. The van der Waals surface area contributed by atoms with Crippen molar-refractivity contribution in [3.63, 3.8) is 0 Å². The van der Waals surface area contributed by atoms with Crippen LogP contribution in [0.25, 0.3) is 0 Å². The molecule has 0 radical (unpaired) electrons. The van der Waals surface area contributed by atoms with Crippen LogP contribution in [0.15, 0.2) is 4.73 Å². The van der Waals surface area contributed by atoms with Crippen LogP contribution in [0.4, 0.5) is 0 Å². The Morgan fingerprint density at radius 3 is 2.75 bits per heavy atom. The van der Waals surface area contributed by atoms with Gasteiger partial charge in [-0.15, -0.1) is 0 Å². The minimum absolute atomic E-state index is 0.0931. The molecule has 0 spiro atoms. The van der Waals surface area contributed by atoms with E-state index >= 15 is 0 Å².